The second kappa shape index (κ2) is 7.63. The Balaban J connectivity index is 1.99. The van der Waals surface area contributed by atoms with Gasteiger partial charge >= 0.3 is 5.69 Å². The van der Waals surface area contributed by atoms with Gasteiger partial charge in [-0.2, -0.15) is 5.10 Å². The van der Waals surface area contributed by atoms with E-state index < -0.39 is 16.5 Å². The molecule has 1 heterocycles. The zero-order valence-electron chi connectivity index (χ0n) is 12.6. The van der Waals surface area contributed by atoms with Crippen LogP contribution >= 0.6 is 11.8 Å². The number of amides is 1. The smallest absolute Gasteiger partial charge is 0.342 e. The van der Waals surface area contributed by atoms with Gasteiger partial charge < -0.3 is 10.1 Å². The van der Waals surface area contributed by atoms with E-state index in [2.05, 4.69) is 20.5 Å². The standard InChI is InChI=1S/C14H16N4O4S/c1-3-22-10-6-4-9(5-7-10)15-11(19)8(2)23-13-12(20)16-14(21)18-17-13/h4-8H,3H2,1-2H3,(H,15,19)(H2,16,18,20,21)/t8-/m0/s1. The number of hydrogen-bond acceptors (Lipinski definition) is 6. The van der Waals surface area contributed by atoms with Gasteiger partial charge in [0.15, 0.2) is 5.03 Å². The third kappa shape index (κ3) is 4.71. The monoisotopic (exact) mass is 336 g/mol. The molecule has 1 amide bonds. The Labute approximate surface area is 135 Å². The summed E-state index contributed by atoms with van der Waals surface area (Å²) in [5.41, 5.74) is -0.695. The Morgan fingerprint density at radius 2 is 2.04 bits per heavy atom. The first kappa shape index (κ1) is 16.8. The van der Waals surface area contributed by atoms with E-state index in [9.17, 15) is 14.4 Å². The van der Waals surface area contributed by atoms with E-state index in [4.69, 9.17) is 4.74 Å². The minimum atomic E-state index is -0.689. The van der Waals surface area contributed by atoms with Crippen LogP contribution in [0.3, 0.4) is 0 Å². The summed E-state index contributed by atoms with van der Waals surface area (Å²) >= 11 is 0.956. The van der Waals surface area contributed by atoms with Crippen molar-refractivity contribution in [3.8, 4) is 5.75 Å². The highest BCUT2D eigenvalue weighted by molar-refractivity contribution is 8.00. The SMILES string of the molecule is CCOc1ccc(NC(=O)[C@H](C)Sc2n[nH]c(=O)[nH]c2=O)cc1. The Kier molecular flexibility index (Phi) is 5.58. The lowest BCUT2D eigenvalue weighted by Gasteiger charge is -2.11. The van der Waals surface area contributed by atoms with Crippen LogP contribution in [0.4, 0.5) is 5.69 Å². The normalized spacial score (nSPS) is 11.7. The zero-order valence-corrected chi connectivity index (χ0v) is 13.4. The predicted molar refractivity (Wildman–Crippen MR) is 87.0 cm³/mol. The van der Waals surface area contributed by atoms with Gasteiger partial charge in [-0.25, -0.2) is 9.89 Å². The summed E-state index contributed by atoms with van der Waals surface area (Å²) in [6.45, 7) is 4.10. The molecule has 0 aliphatic heterocycles. The summed E-state index contributed by atoms with van der Waals surface area (Å²) in [6, 6.07) is 6.97. The molecule has 0 saturated carbocycles. The fourth-order valence-corrected chi connectivity index (χ4v) is 2.44. The van der Waals surface area contributed by atoms with E-state index in [0.717, 1.165) is 17.5 Å². The maximum absolute atomic E-state index is 12.1. The number of thioether (sulfide) groups is 1. The largest absolute Gasteiger partial charge is 0.494 e. The maximum atomic E-state index is 12.1. The molecule has 0 bridgehead atoms. The van der Waals surface area contributed by atoms with Crippen molar-refractivity contribution in [2.45, 2.75) is 24.1 Å². The number of H-pyrrole nitrogens is 2. The lowest BCUT2D eigenvalue weighted by atomic mass is 10.3. The van der Waals surface area contributed by atoms with E-state index in [1.54, 1.807) is 31.2 Å². The van der Waals surface area contributed by atoms with E-state index in [1.807, 2.05) is 6.92 Å². The third-order valence-corrected chi connectivity index (χ3v) is 3.84. The molecule has 0 aliphatic rings. The van der Waals surface area contributed by atoms with Crippen molar-refractivity contribution in [3.05, 3.63) is 45.1 Å². The number of anilines is 1. The van der Waals surface area contributed by atoms with Crippen LogP contribution in [0.25, 0.3) is 0 Å². The molecule has 9 heteroatoms. The fraction of sp³-hybridized carbons (Fsp3) is 0.286. The van der Waals surface area contributed by atoms with Crippen molar-refractivity contribution in [2.75, 3.05) is 11.9 Å². The molecule has 0 aliphatic carbocycles. The molecule has 0 unspecified atom stereocenters. The summed E-state index contributed by atoms with van der Waals surface area (Å²) in [6.07, 6.45) is 0. The molecule has 2 rings (SSSR count). The highest BCUT2D eigenvalue weighted by atomic mass is 32.2. The number of nitrogens with one attached hydrogen (secondary N) is 3. The summed E-state index contributed by atoms with van der Waals surface area (Å²) in [5.74, 6) is 0.434. The summed E-state index contributed by atoms with van der Waals surface area (Å²) < 4.78 is 5.32. The molecule has 23 heavy (non-hydrogen) atoms. The van der Waals surface area contributed by atoms with Gasteiger partial charge in [-0.3, -0.25) is 14.6 Å². The van der Waals surface area contributed by atoms with Crippen molar-refractivity contribution in [2.24, 2.45) is 0 Å². The van der Waals surface area contributed by atoms with Crippen molar-refractivity contribution < 1.29 is 9.53 Å². The van der Waals surface area contributed by atoms with Crippen LogP contribution in [-0.2, 0) is 4.79 Å². The van der Waals surface area contributed by atoms with Crippen LogP contribution < -0.4 is 21.3 Å². The van der Waals surface area contributed by atoms with E-state index in [-0.39, 0.29) is 10.9 Å². The fourth-order valence-electron chi connectivity index (χ4n) is 1.68. The molecule has 1 aromatic carbocycles. The summed E-state index contributed by atoms with van der Waals surface area (Å²) in [7, 11) is 0. The van der Waals surface area contributed by atoms with E-state index >= 15 is 0 Å². The molecule has 0 saturated heterocycles. The predicted octanol–water partition coefficient (Wildman–Crippen LogP) is 0.976. The van der Waals surface area contributed by atoms with Crippen molar-refractivity contribution in [1.82, 2.24) is 15.2 Å². The van der Waals surface area contributed by atoms with Gasteiger partial charge in [0.05, 0.1) is 11.9 Å². The molecule has 3 N–H and O–H groups in total. The number of nitrogens with zero attached hydrogens (tertiary/aromatic N) is 1. The highest BCUT2D eigenvalue weighted by Crippen LogP contribution is 2.20. The number of ether oxygens (including phenoxy) is 1. The molecule has 1 aromatic heterocycles. The number of aromatic nitrogens is 3. The van der Waals surface area contributed by atoms with Crippen LogP contribution in [0.1, 0.15) is 13.8 Å². The van der Waals surface area contributed by atoms with Crippen molar-refractivity contribution in [3.63, 3.8) is 0 Å². The third-order valence-electron chi connectivity index (χ3n) is 2.77. The van der Waals surface area contributed by atoms with Gasteiger partial charge in [0.2, 0.25) is 5.91 Å². The van der Waals surface area contributed by atoms with Crippen molar-refractivity contribution >= 4 is 23.4 Å². The van der Waals surface area contributed by atoms with Gasteiger partial charge in [0.25, 0.3) is 5.56 Å². The second-order valence-corrected chi connectivity index (χ2v) is 5.85. The molecule has 8 nitrogen and oxygen atoms in total. The van der Waals surface area contributed by atoms with Gasteiger partial charge in [-0.15, -0.1) is 0 Å². The van der Waals surface area contributed by atoms with Crippen LogP contribution in [0.5, 0.6) is 5.75 Å². The highest BCUT2D eigenvalue weighted by Gasteiger charge is 2.17. The van der Waals surface area contributed by atoms with Crippen LogP contribution in [-0.4, -0.2) is 32.9 Å². The Morgan fingerprint density at radius 1 is 1.35 bits per heavy atom. The molecule has 0 spiro atoms. The first-order chi connectivity index (χ1) is 11.0. The average molecular weight is 336 g/mol. The molecular formula is C14H16N4O4S. The Morgan fingerprint density at radius 3 is 2.65 bits per heavy atom. The summed E-state index contributed by atoms with van der Waals surface area (Å²) in [5, 5.41) is 7.94. The number of carbonyl (C=O) groups is 1. The first-order valence-corrected chi connectivity index (χ1v) is 7.77. The minimum absolute atomic E-state index is 0.0268. The van der Waals surface area contributed by atoms with Crippen molar-refractivity contribution in [1.29, 1.82) is 0 Å². The van der Waals surface area contributed by atoms with Crippen LogP contribution in [0.15, 0.2) is 38.9 Å². The Hall–Kier alpha value is -2.55. The van der Waals surface area contributed by atoms with Gasteiger partial charge in [0.1, 0.15) is 5.75 Å². The molecule has 1 atom stereocenters. The molecular weight excluding hydrogens is 320 g/mol. The van der Waals surface area contributed by atoms with Crippen LogP contribution in [0.2, 0.25) is 0 Å². The maximum Gasteiger partial charge on any atom is 0.342 e. The Bertz CT molecular complexity index is 784. The average Bonchev–Trinajstić information content (AvgIpc) is 2.52. The number of rotatable bonds is 6. The molecule has 122 valence electrons. The van der Waals surface area contributed by atoms with Gasteiger partial charge in [0, 0.05) is 5.69 Å². The quantitative estimate of drug-likeness (QED) is 0.677. The van der Waals surface area contributed by atoms with E-state index in [0.29, 0.717) is 12.3 Å². The lowest BCUT2D eigenvalue weighted by molar-refractivity contribution is -0.115. The zero-order chi connectivity index (χ0) is 16.8. The summed E-state index contributed by atoms with van der Waals surface area (Å²) in [4.78, 5) is 36.6. The lowest BCUT2D eigenvalue weighted by Crippen LogP contribution is -2.28. The van der Waals surface area contributed by atoms with Gasteiger partial charge in [-0.1, -0.05) is 11.8 Å². The molecule has 2 aromatic rings. The van der Waals surface area contributed by atoms with E-state index in [1.165, 1.54) is 0 Å². The number of benzene rings is 1. The minimum Gasteiger partial charge on any atom is -0.494 e. The topological polar surface area (TPSA) is 117 Å². The van der Waals surface area contributed by atoms with Crippen LogP contribution in [0, 0.1) is 0 Å². The number of hydrogen-bond donors (Lipinski definition) is 3. The molecule has 0 radical (unpaired) electrons. The first-order valence-electron chi connectivity index (χ1n) is 6.89. The van der Waals surface area contributed by atoms with Gasteiger partial charge in [-0.05, 0) is 38.1 Å². The number of carbonyl (C=O) groups excluding carboxylic acids is 1. The number of aromatic amines is 2. The molecule has 0 fully saturated rings. The second-order valence-electron chi connectivity index (χ2n) is 4.52.